The zero-order valence-electron chi connectivity index (χ0n) is 14.1. The van der Waals surface area contributed by atoms with Crippen LogP contribution in [0.15, 0.2) is 36.4 Å². The van der Waals surface area contributed by atoms with Crippen molar-refractivity contribution in [1.29, 1.82) is 0 Å². The molecule has 1 aliphatic rings. The van der Waals surface area contributed by atoms with E-state index in [9.17, 15) is 4.79 Å². The molecule has 0 aliphatic carbocycles. The Kier molecular flexibility index (Phi) is 4.53. The molecule has 4 heteroatoms. The number of hydrogen-bond donors (Lipinski definition) is 0. The van der Waals surface area contributed by atoms with Gasteiger partial charge < -0.3 is 9.64 Å². The molecule has 1 aliphatic heterocycles. The van der Waals surface area contributed by atoms with E-state index in [0.717, 1.165) is 37.0 Å². The van der Waals surface area contributed by atoms with E-state index in [4.69, 9.17) is 4.74 Å². The Morgan fingerprint density at radius 1 is 1.00 bits per heavy atom. The minimum Gasteiger partial charge on any atom is -0.465 e. The molecular formula is C19H24N2O2. The lowest BCUT2D eigenvalue weighted by molar-refractivity contribution is 0.0603. The largest absolute Gasteiger partial charge is 0.465 e. The first-order chi connectivity index (χ1) is 11.1. The van der Waals surface area contributed by atoms with Crippen molar-refractivity contribution in [2.24, 2.45) is 0 Å². The second-order valence-corrected chi connectivity index (χ2v) is 6.29. The number of nitrogens with zero attached hydrogens (tertiary/aromatic N) is 2. The van der Waals surface area contributed by atoms with Gasteiger partial charge in [0.05, 0.1) is 12.7 Å². The average molecular weight is 312 g/mol. The van der Waals surface area contributed by atoms with Crippen LogP contribution in [0.5, 0.6) is 0 Å². The van der Waals surface area contributed by atoms with Gasteiger partial charge in [0.1, 0.15) is 0 Å². The van der Waals surface area contributed by atoms with Gasteiger partial charge in [-0.25, -0.2) is 4.79 Å². The molecule has 2 aromatic carbocycles. The van der Waals surface area contributed by atoms with Gasteiger partial charge in [-0.3, -0.25) is 4.90 Å². The maximum absolute atomic E-state index is 12.0. The van der Waals surface area contributed by atoms with E-state index in [1.165, 1.54) is 12.8 Å². The molecule has 1 heterocycles. The highest BCUT2D eigenvalue weighted by atomic mass is 16.5. The third-order valence-corrected chi connectivity index (χ3v) is 4.69. The smallest absolute Gasteiger partial charge is 0.338 e. The molecule has 0 bridgehead atoms. The van der Waals surface area contributed by atoms with Crippen molar-refractivity contribution in [3.05, 3.63) is 42.0 Å². The fourth-order valence-electron chi connectivity index (χ4n) is 3.33. The van der Waals surface area contributed by atoms with E-state index < -0.39 is 0 Å². The Labute approximate surface area is 137 Å². The number of anilines is 1. The van der Waals surface area contributed by atoms with Crippen molar-refractivity contribution >= 4 is 22.4 Å². The summed E-state index contributed by atoms with van der Waals surface area (Å²) in [6.45, 7) is 8.67. The van der Waals surface area contributed by atoms with Crippen molar-refractivity contribution in [3.8, 4) is 0 Å². The van der Waals surface area contributed by atoms with Gasteiger partial charge in [-0.1, -0.05) is 24.3 Å². The minimum atomic E-state index is -0.280. The van der Waals surface area contributed by atoms with E-state index in [2.05, 4.69) is 35.8 Å². The molecule has 0 unspecified atom stereocenters. The van der Waals surface area contributed by atoms with Gasteiger partial charge >= 0.3 is 5.97 Å². The van der Waals surface area contributed by atoms with Gasteiger partial charge in [-0.05, 0) is 31.4 Å². The van der Waals surface area contributed by atoms with Crippen LogP contribution in [-0.2, 0) is 4.74 Å². The fraction of sp³-hybridized carbons (Fsp3) is 0.421. The predicted octanol–water partition coefficient (Wildman–Crippen LogP) is 3.16. The SMILES string of the molecule is COC(=O)c1ccc(N2CCN(C(C)C)CC2)c2ccccc12. The highest BCUT2D eigenvalue weighted by Gasteiger charge is 2.21. The highest BCUT2D eigenvalue weighted by Crippen LogP contribution is 2.30. The fourth-order valence-corrected chi connectivity index (χ4v) is 3.33. The zero-order valence-corrected chi connectivity index (χ0v) is 14.1. The molecular weight excluding hydrogens is 288 g/mol. The molecule has 1 fully saturated rings. The van der Waals surface area contributed by atoms with Gasteiger partial charge in [-0.2, -0.15) is 0 Å². The van der Waals surface area contributed by atoms with Crippen molar-refractivity contribution in [3.63, 3.8) is 0 Å². The van der Waals surface area contributed by atoms with Crippen LogP contribution in [0.25, 0.3) is 10.8 Å². The summed E-state index contributed by atoms with van der Waals surface area (Å²) in [6, 6.07) is 12.6. The lowest BCUT2D eigenvalue weighted by Crippen LogP contribution is -2.48. The molecule has 23 heavy (non-hydrogen) atoms. The monoisotopic (exact) mass is 312 g/mol. The summed E-state index contributed by atoms with van der Waals surface area (Å²) in [7, 11) is 1.43. The van der Waals surface area contributed by atoms with Gasteiger partial charge in [0.2, 0.25) is 0 Å². The zero-order chi connectivity index (χ0) is 16.4. The van der Waals surface area contributed by atoms with Crippen molar-refractivity contribution in [1.82, 2.24) is 4.90 Å². The Balaban J connectivity index is 1.95. The van der Waals surface area contributed by atoms with Crippen molar-refractivity contribution < 1.29 is 9.53 Å². The average Bonchev–Trinajstić information content (AvgIpc) is 2.60. The van der Waals surface area contributed by atoms with Crippen molar-refractivity contribution in [2.45, 2.75) is 19.9 Å². The Morgan fingerprint density at radius 3 is 2.26 bits per heavy atom. The van der Waals surface area contributed by atoms with Gasteiger partial charge in [0, 0.05) is 43.3 Å². The number of piperazine rings is 1. The number of fused-ring (bicyclic) bond motifs is 1. The van der Waals surface area contributed by atoms with E-state index in [1.807, 2.05) is 24.3 Å². The van der Waals surface area contributed by atoms with Crippen LogP contribution in [0, 0.1) is 0 Å². The molecule has 4 nitrogen and oxygen atoms in total. The lowest BCUT2D eigenvalue weighted by atomic mass is 10.0. The molecule has 1 saturated heterocycles. The number of carbonyl (C=O) groups excluding carboxylic acids is 1. The molecule has 0 atom stereocenters. The minimum absolute atomic E-state index is 0.280. The first-order valence-electron chi connectivity index (χ1n) is 8.21. The second-order valence-electron chi connectivity index (χ2n) is 6.29. The number of carbonyl (C=O) groups is 1. The van der Waals surface area contributed by atoms with Crippen LogP contribution in [0.1, 0.15) is 24.2 Å². The van der Waals surface area contributed by atoms with Gasteiger partial charge in [-0.15, -0.1) is 0 Å². The number of hydrogen-bond acceptors (Lipinski definition) is 4. The first kappa shape index (κ1) is 15.8. The molecule has 0 saturated carbocycles. The predicted molar refractivity (Wildman–Crippen MR) is 94.2 cm³/mol. The van der Waals surface area contributed by atoms with Crippen molar-refractivity contribution in [2.75, 3.05) is 38.2 Å². The normalized spacial score (nSPS) is 16.1. The summed E-state index contributed by atoms with van der Waals surface area (Å²) in [6.07, 6.45) is 0. The van der Waals surface area contributed by atoms with Crippen LogP contribution in [0.4, 0.5) is 5.69 Å². The topological polar surface area (TPSA) is 32.8 Å². The highest BCUT2D eigenvalue weighted by molar-refractivity contribution is 6.08. The van der Waals surface area contributed by atoms with Crippen LogP contribution >= 0.6 is 0 Å². The van der Waals surface area contributed by atoms with Crippen LogP contribution in [0.3, 0.4) is 0 Å². The summed E-state index contributed by atoms with van der Waals surface area (Å²) in [4.78, 5) is 16.9. The molecule has 0 spiro atoms. The number of benzene rings is 2. The standard InChI is InChI=1S/C19H24N2O2/c1-14(2)20-10-12-21(13-11-20)18-9-8-17(19(22)23-3)15-6-4-5-7-16(15)18/h4-9,14H,10-13H2,1-3H3. The summed E-state index contributed by atoms with van der Waals surface area (Å²) in [5.41, 5.74) is 1.84. The molecule has 0 N–H and O–H groups in total. The number of ether oxygens (including phenoxy) is 1. The first-order valence-corrected chi connectivity index (χ1v) is 8.21. The maximum Gasteiger partial charge on any atom is 0.338 e. The number of rotatable bonds is 3. The van der Waals surface area contributed by atoms with E-state index in [-0.39, 0.29) is 5.97 Å². The Bertz CT molecular complexity index is 704. The Hall–Kier alpha value is -2.07. The maximum atomic E-state index is 12.0. The van der Waals surface area contributed by atoms with E-state index in [1.54, 1.807) is 0 Å². The molecule has 122 valence electrons. The molecule has 0 amide bonds. The van der Waals surface area contributed by atoms with Crippen LogP contribution < -0.4 is 4.90 Å². The molecule has 0 aromatic heterocycles. The lowest BCUT2D eigenvalue weighted by Gasteiger charge is -2.38. The van der Waals surface area contributed by atoms with Crippen LogP contribution in [-0.4, -0.2) is 50.2 Å². The number of methoxy groups -OCH3 is 1. The Morgan fingerprint density at radius 2 is 1.65 bits per heavy atom. The van der Waals surface area contributed by atoms with Gasteiger partial charge in [0.15, 0.2) is 0 Å². The van der Waals surface area contributed by atoms with Crippen LogP contribution in [0.2, 0.25) is 0 Å². The summed E-state index contributed by atoms with van der Waals surface area (Å²) < 4.78 is 4.91. The third kappa shape index (κ3) is 3.04. The van der Waals surface area contributed by atoms with E-state index >= 15 is 0 Å². The summed E-state index contributed by atoms with van der Waals surface area (Å²) >= 11 is 0. The molecule has 3 rings (SSSR count). The van der Waals surface area contributed by atoms with E-state index in [0.29, 0.717) is 11.6 Å². The molecule has 0 radical (unpaired) electrons. The quantitative estimate of drug-likeness (QED) is 0.815. The summed E-state index contributed by atoms with van der Waals surface area (Å²) in [5.74, 6) is -0.280. The third-order valence-electron chi connectivity index (χ3n) is 4.69. The number of esters is 1. The molecule has 2 aromatic rings. The summed E-state index contributed by atoms with van der Waals surface area (Å²) in [5, 5.41) is 2.08. The second kappa shape index (κ2) is 6.59. The van der Waals surface area contributed by atoms with Gasteiger partial charge in [0.25, 0.3) is 0 Å².